The SMILES string of the molecule is COC(=O)CCCCCCS(=O)(=O)c1ccc(Nc2nc(NC3CCCCC3)c3ncn(PI)c3n2)cc1. The first kappa shape index (κ1) is 28.9. The molecule has 2 aromatic heterocycles. The van der Waals surface area contributed by atoms with Gasteiger partial charge in [0.05, 0.1) is 24.1 Å². The topological polar surface area (TPSA) is 128 Å². The van der Waals surface area contributed by atoms with Crippen LogP contribution in [0.15, 0.2) is 35.5 Å². The molecule has 1 atom stereocenters. The van der Waals surface area contributed by atoms with Gasteiger partial charge < -0.3 is 15.4 Å². The van der Waals surface area contributed by atoms with E-state index in [1.54, 1.807) is 30.6 Å². The molecule has 10 nitrogen and oxygen atoms in total. The molecule has 4 rings (SSSR count). The molecule has 0 spiro atoms. The highest BCUT2D eigenvalue weighted by atomic mass is 127. The van der Waals surface area contributed by atoms with Crippen LogP contribution in [-0.4, -0.2) is 52.6 Å². The molecule has 2 heterocycles. The zero-order valence-corrected chi connectivity index (χ0v) is 25.4. The van der Waals surface area contributed by atoms with Crippen LogP contribution in [0.4, 0.5) is 17.5 Å². The number of fused-ring (bicyclic) bond motifs is 1. The Labute approximate surface area is 238 Å². The van der Waals surface area contributed by atoms with E-state index in [0.29, 0.717) is 43.3 Å². The van der Waals surface area contributed by atoms with E-state index in [2.05, 4.69) is 42.4 Å². The maximum Gasteiger partial charge on any atom is 0.305 e. The number of ether oxygens (including phenoxy) is 1. The van der Waals surface area contributed by atoms with Crippen molar-refractivity contribution in [3.05, 3.63) is 30.6 Å². The number of carbonyl (C=O) groups excluding carboxylic acids is 1. The number of benzene rings is 1. The number of unbranched alkanes of at least 4 members (excludes halogenated alkanes) is 3. The number of nitrogens with zero attached hydrogens (tertiary/aromatic N) is 4. The molecule has 13 heteroatoms. The fourth-order valence-corrected chi connectivity index (χ4v) is 7.34. The molecule has 0 amide bonds. The summed E-state index contributed by atoms with van der Waals surface area (Å²) < 4.78 is 32.2. The minimum atomic E-state index is -3.38. The van der Waals surface area contributed by atoms with Crippen LogP contribution in [-0.2, 0) is 19.4 Å². The summed E-state index contributed by atoms with van der Waals surface area (Å²) in [4.78, 5) is 25.4. The van der Waals surface area contributed by atoms with Crippen LogP contribution in [0.1, 0.15) is 64.2 Å². The maximum atomic E-state index is 12.8. The Kier molecular flexibility index (Phi) is 10.5. The van der Waals surface area contributed by atoms with Gasteiger partial charge in [-0.3, -0.25) is 9.13 Å². The highest BCUT2D eigenvalue weighted by molar-refractivity contribution is 14.2. The van der Waals surface area contributed by atoms with Gasteiger partial charge in [-0.15, -0.1) is 0 Å². The first-order chi connectivity index (χ1) is 18.4. The molecular weight excluding hydrogens is 638 g/mol. The lowest BCUT2D eigenvalue weighted by Gasteiger charge is -2.23. The van der Waals surface area contributed by atoms with Crippen LogP contribution in [0.5, 0.6) is 0 Å². The maximum absolute atomic E-state index is 12.8. The Morgan fingerprint density at radius 3 is 2.55 bits per heavy atom. The van der Waals surface area contributed by atoms with E-state index in [9.17, 15) is 13.2 Å². The molecule has 38 heavy (non-hydrogen) atoms. The average Bonchev–Trinajstić information content (AvgIpc) is 3.34. The number of hydrogen-bond donors (Lipinski definition) is 2. The molecular formula is C25H34IN6O4PS. The lowest BCUT2D eigenvalue weighted by Crippen LogP contribution is -2.23. The normalized spacial score (nSPS) is 14.8. The van der Waals surface area contributed by atoms with Crippen molar-refractivity contribution < 1.29 is 17.9 Å². The third-order valence-electron chi connectivity index (χ3n) is 6.67. The van der Waals surface area contributed by atoms with Gasteiger partial charge in [0.15, 0.2) is 26.8 Å². The molecule has 0 bridgehead atoms. The number of halogens is 1. The first-order valence-corrected chi connectivity index (χ1v) is 18.7. The summed E-state index contributed by atoms with van der Waals surface area (Å²) in [6.07, 6.45) is 11.4. The predicted octanol–water partition coefficient (Wildman–Crippen LogP) is 6.00. The van der Waals surface area contributed by atoms with Gasteiger partial charge in [0.25, 0.3) is 0 Å². The molecule has 0 radical (unpaired) electrons. The Bertz CT molecular complexity index is 1330. The third kappa shape index (κ3) is 7.75. The van der Waals surface area contributed by atoms with Gasteiger partial charge in [-0.1, -0.05) is 32.1 Å². The molecule has 2 N–H and O–H groups in total. The summed E-state index contributed by atoms with van der Waals surface area (Å²) in [6.45, 7) is 0. The highest BCUT2D eigenvalue weighted by Gasteiger charge is 2.19. The van der Waals surface area contributed by atoms with Crippen molar-refractivity contribution in [1.29, 1.82) is 0 Å². The van der Waals surface area contributed by atoms with Gasteiger partial charge in [0.2, 0.25) is 5.95 Å². The van der Waals surface area contributed by atoms with Gasteiger partial charge in [0, 0.05) is 18.2 Å². The minimum absolute atomic E-state index is 0.0784. The summed E-state index contributed by atoms with van der Waals surface area (Å²) >= 11 is 2.31. The van der Waals surface area contributed by atoms with Crippen molar-refractivity contribution in [2.24, 2.45) is 0 Å². The van der Waals surface area contributed by atoms with Crippen LogP contribution >= 0.6 is 28.4 Å². The van der Waals surface area contributed by atoms with E-state index in [1.807, 2.05) is 4.34 Å². The number of anilines is 3. The number of hydrogen-bond acceptors (Lipinski definition) is 9. The fourth-order valence-electron chi connectivity index (χ4n) is 4.57. The molecule has 1 aliphatic carbocycles. The Balaban J connectivity index is 1.41. The number of aromatic nitrogens is 4. The lowest BCUT2D eigenvalue weighted by molar-refractivity contribution is -0.140. The van der Waals surface area contributed by atoms with Gasteiger partial charge in [-0.25, -0.2) is 13.4 Å². The number of esters is 1. The second-order valence-corrected chi connectivity index (χ2v) is 13.7. The first-order valence-electron chi connectivity index (χ1n) is 12.9. The molecule has 1 aromatic carbocycles. The summed E-state index contributed by atoms with van der Waals surface area (Å²) in [6, 6.07) is 7.08. The molecule has 206 valence electrons. The second-order valence-electron chi connectivity index (χ2n) is 9.45. The third-order valence-corrected chi connectivity index (χ3v) is 10.6. The van der Waals surface area contributed by atoms with E-state index in [0.717, 1.165) is 42.7 Å². The monoisotopic (exact) mass is 672 g/mol. The zero-order chi connectivity index (χ0) is 27.0. The van der Waals surface area contributed by atoms with E-state index >= 15 is 0 Å². The smallest absolute Gasteiger partial charge is 0.305 e. The Morgan fingerprint density at radius 1 is 1.11 bits per heavy atom. The molecule has 1 saturated carbocycles. The van der Waals surface area contributed by atoms with Crippen LogP contribution in [0.3, 0.4) is 0 Å². The number of imidazole rings is 1. The Hall–Kier alpha value is -2.05. The van der Waals surface area contributed by atoms with Gasteiger partial charge in [0.1, 0.15) is 6.33 Å². The number of methoxy groups -OCH3 is 1. The van der Waals surface area contributed by atoms with Crippen LogP contribution in [0.2, 0.25) is 0 Å². The number of rotatable bonds is 13. The quantitative estimate of drug-likeness (QED) is 0.0973. The minimum Gasteiger partial charge on any atom is -0.469 e. The lowest BCUT2D eigenvalue weighted by atomic mass is 9.95. The summed E-state index contributed by atoms with van der Waals surface area (Å²) in [7, 11) is -2.01. The van der Waals surface area contributed by atoms with Crippen LogP contribution in [0, 0.1) is 0 Å². The van der Waals surface area contributed by atoms with E-state index in [4.69, 9.17) is 9.97 Å². The summed E-state index contributed by atoms with van der Waals surface area (Å²) in [5, 5.41) is 6.83. The standard InChI is InChI=1S/C25H34IN6O4PS/c1-36-21(33)11-7-2-3-8-16-38(34,35)20-14-12-19(13-15-20)29-25-30-23(28-18-9-5-4-6-10-18)22-24(31-25)32(37-26)17-27-22/h12-15,17-18,37H,2-11,16H2,1H3,(H2,28,29,30,31). The number of nitrogens with one attached hydrogen (secondary N) is 2. The van der Waals surface area contributed by atoms with Crippen LogP contribution in [0.25, 0.3) is 11.2 Å². The Morgan fingerprint density at radius 2 is 1.84 bits per heavy atom. The van der Waals surface area contributed by atoms with Crippen LogP contribution < -0.4 is 10.6 Å². The number of sulfone groups is 1. The molecule has 0 aliphatic heterocycles. The van der Waals surface area contributed by atoms with Crippen molar-refractivity contribution >= 4 is 72.8 Å². The van der Waals surface area contributed by atoms with Gasteiger partial charge in [-0.2, -0.15) is 9.97 Å². The summed E-state index contributed by atoms with van der Waals surface area (Å²) in [5.41, 5.74) is 2.23. The van der Waals surface area contributed by atoms with Crippen molar-refractivity contribution in [3.63, 3.8) is 0 Å². The molecule has 1 unspecified atom stereocenters. The highest BCUT2D eigenvalue weighted by Crippen LogP contribution is 2.32. The predicted molar refractivity (Wildman–Crippen MR) is 160 cm³/mol. The second kappa shape index (κ2) is 13.8. The molecule has 1 aliphatic rings. The zero-order valence-electron chi connectivity index (χ0n) is 21.5. The van der Waals surface area contributed by atoms with Crippen molar-refractivity contribution in [1.82, 2.24) is 19.3 Å². The van der Waals surface area contributed by atoms with Crippen molar-refractivity contribution in [2.75, 3.05) is 23.5 Å². The van der Waals surface area contributed by atoms with Gasteiger partial charge >= 0.3 is 5.97 Å². The van der Waals surface area contributed by atoms with E-state index in [-0.39, 0.29) is 16.6 Å². The molecule has 1 fully saturated rings. The summed E-state index contributed by atoms with van der Waals surface area (Å²) in [5.74, 6) is 1.01. The van der Waals surface area contributed by atoms with Crippen molar-refractivity contribution in [2.45, 2.75) is 75.1 Å². The molecule has 0 saturated heterocycles. The largest absolute Gasteiger partial charge is 0.469 e. The average molecular weight is 673 g/mol. The molecule has 3 aromatic rings. The van der Waals surface area contributed by atoms with E-state index < -0.39 is 9.84 Å². The fraction of sp³-hybridized carbons (Fsp3) is 0.520. The van der Waals surface area contributed by atoms with Crippen molar-refractivity contribution in [3.8, 4) is 0 Å². The van der Waals surface area contributed by atoms with Gasteiger partial charge in [-0.05, 0) is 72.0 Å². The van der Waals surface area contributed by atoms with E-state index in [1.165, 1.54) is 26.4 Å². The number of carbonyl (C=O) groups is 1.